The summed E-state index contributed by atoms with van der Waals surface area (Å²) in [7, 11) is 0. The summed E-state index contributed by atoms with van der Waals surface area (Å²) in [5.74, 6) is -5.16. The number of anilines is 1. The van der Waals surface area contributed by atoms with Gasteiger partial charge in [-0.3, -0.25) is 14.4 Å². The smallest absolute Gasteiger partial charge is 0.286 e. The van der Waals surface area contributed by atoms with Crippen LogP contribution in [0, 0.1) is 17.6 Å². The standard InChI is InChI=1S/C15H14F4N2O3/c1-7-8(4-5-21(7)11(23)6-22)15(24)20-10-3-2-9(16)12(13(10)17)14(18)19/h2-3,6-8,14H,4-5H2,1H3,(H,20,24). The lowest BCUT2D eigenvalue weighted by atomic mass is 10.0. The zero-order valence-electron chi connectivity index (χ0n) is 12.6. The molecule has 1 heterocycles. The number of likely N-dealkylation sites (tertiary alicyclic amines) is 1. The van der Waals surface area contributed by atoms with Crippen LogP contribution in [0.15, 0.2) is 12.1 Å². The summed E-state index contributed by atoms with van der Waals surface area (Å²) in [5.41, 5.74) is -1.98. The number of hydrogen-bond donors (Lipinski definition) is 1. The second-order valence-corrected chi connectivity index (χ2v) is 5.40. The van der Waals surface area contributed by atoms with E-state index in [1.54, 1.807) is 6.92 Å². The summed E-state index contributed by atoms with van der Waals surface area (Å²) in [6.45, 7) is 1.72. The number of aldehydes is 1. The maximum atomic E-state index is 13.9. The molecule has 24 heavy (non-hydrogen) atoms. The molecule has 1 aliphatic rings. The number of benzene rings is 1. The molecule has 0 bridgehead atoms. The summed E-state index contributed by atoms with van der Waals surface area (Å²) in [6, 6.07) is 0.879. The lowest BCUT2D eigenvalue weighted by molar-refractivity contribution is -0.139. The first-order chi connectivity index (χ1) is 11.3. The molecule has 130 valence electrons. The fourth-order valence-electron chi connectivity index (χ4n) is 2.76. The van der Waals surface area contributed by atoms with Gasteiger partial charge in [-0.05, 0) is 25.5 Å². The summed E-state index contributed by atoms with van der Waals surface area (Å²) in [6.07, 6.45) is -3.00. The van der Waals surface area contributed by atoms with Gasteiger partial charge in [-0.1, -0.05) is 0 Å². The highest BCUT2D eigenvalue weighted by molar-refractivity contribution is 6.23. The number of nitrogens with zero attached hydrogens (tertiary/aromatic N) is 1. The average Bonchev–Trinajstić information content (AvgIpc) is 2.90. The van der Waals surface area contributed by atoms with Crippen LogP contribution in [0.5, 0.6) is 0 Å². The predicted molar refractivity (Wildman–Crippen MR) is 75.3 cm³/mol. The van der Waals surface area contributed by atoms with E-state index in [0.29, 0.717) is 6.07 Å². The third kappa shape index (κ3) is 3.24. The molecule has 0 saturated carbocycles. The first kappa shape index (κ1) is 17.9. The van der Waals surface area contributed by atoms with E-state index < -0.39 is 53.1 Å². The Kier molecular flexibility index (Phi) is 5.20. The molecule has 2 unspecified atom stereocenters. The van der Waals surface area contributed by atoms with E-state index >= 15 is 0 Å². The van der Waals surface area contributed by atoms with E-state index in [-0.39, 0.29) is 19.3 Å². The molecular weight excluding hydrogens is 332 g/mol. The summed E-state index contributed by atoms with van der Waals surface area (Å²) in [4.78, 5) is 35.4. The number of halogens is 4. The number of carbonyl (C=O) groups excluding carboxylic acids is 3. The Labute approximate surface area is 134 Å². The lowest BCUT2D eigenvalue weighted by Crippen LogP contribution is -2.39. The van der Waals surface area contributed by atoms with E-state index in [1.807, 2.05) is 0 Å². The topological polar surface area (TPSA) is 66.5 Å². The molecule has 9 heteroatoms. The van der Waals surface area contributed by atoms with Gasteiger partial charge in [0.2, 0.25) is 12.2 Å². The molecule has 0 aromatic heterocycles. The van der Waals surface area contributed by atoms with E-state index in [1.165, 1.54) is 4.90 Å². The van der Waals surface area contributed by atoms with Crippen molar-refractivity contribution in [3.05, 3.63) is 29.3 Å². The molecule has 1 saturated heterocycles. The monoisotopic (exact) mass is 346 g/mol. The second-order valence-electron chi connectivity index (χ2n) is 5.40. The lowest BCUT2D eigenvalue weighted by Gasteiger charge is -2.22. The highest BCUT2D eigenvalue weighted by atomic mass is 19.3. The van der Waals surface area contributed by atoms with E-state index in [2.05, 4.69) is 5.32 Å². The van der Waals surface area contributed by atoms with Gasteiger partial charge in [-0.2, -0.15) is 0 Å². The molecule has 0 aliphatic carbocycles. The van der Waals surface area contributed by atoms with Gasteiger partial charge in [-0.15, -0.1) is 0 Å². The van der Waals surface area contributed by atoms with Crippen LogP contribution in [0.3, 0.4) is 0 Å². The highest BCUT2D eigenvalue weighted by Crippen LogP contribution is 2.31. The van der Waals surface area contributed by atoms with Crippen molar-refractivity contribution in [1.29, 1.82) is 0 Å². The van der Waals surface area contributed by atoms with Crippen molar-refractivity contribution in [1.82, 2.24) is 4.90 Å². The molecule has 2 amide bonds. The van der Waals surface area contributed by atoms with Crippen molar-refractivity contribution in [2.75, 3.05) is 11.9 Å². The Balaban J connectivity index is 2.18. The summed E-state index contributed by atoms with van der Waals surface area (Å²) >= 11 is 0. The van der Waals surface area contributed by atoms with Crippen LogP contribution in [0.25, 0.3) is 0 Å². The van der Waals surface area contributed by atoms with Crippen LogP contribution in [0.1, 0.15) is 25.3 Å². The van der Waals surface area contributed by atoms with Crippen molar-refractivity contribution in [2.45, 2.75) is 25.8 Å². The van der Waals surface area contributed by atoms with Gasteiger partial charge in [0, 0.05) is 12.6 Å². The Hall–Kier alpha value is -2.45. The van der Waals surface area contributed by atoms with Crippen molar-refractivity contribution >= 4 is 23.8 Å². The minimum Gasteiger partial charge on any atom is -0.333 e. The van der Waals surface area contributed by atoms with E-state index in [4.69, 9.17) is 0 Å². The molecule has 1 aromatic rings. The zero-order chi connectivity index (χ0) is 18.0. The van der Waals surface area contributed by atoms with Gasteiger partial charge in [0.1, 0.15) is 5.82 Å². The molecule has 1 aromatic carbocycles. The van der Waals surface area contributed by atoms with Gasteiger partial charge < -0.3 is 10.2 Å². The fourth-order valence-corrected chi connectivity index (χ4v) is 2.76. The molecule has 0 spiro atoms. The number of nitrogens with one attached hydrogen (secondary N) is 1. The number of carbonyl (C=O) groups is 3. The maximum absolute atomic E-state index is 13.9. The Morgan fingerprint density at radius 2 is 2.00 bits per heavy atom. The fraction of sp³-hybridized carbons (Fsp3) is 0.400. The van der Waals surface area contributed by atoms with Crippen LogP contribution in [-0.4, -0.2) is 35.6 Å². The molecule has 1 aliphatic heterocycles. The van der Waals surface area contributed by atoms with Gasteiger partial charge in [0.15, 0.2) is 5.82 Å². The Morgan fingerprint density at radius 3 is 2.58 bits per heavy atom. The molecule has 2 atom stereocenters. The number of rotatable bonds is 4. The quantitative estimate of drug-likeness (QED) is 0.517. The molecule has 0 radical (unpaired) electrons. The first-order valence-electron chi connectivity index (χ1n) is 7.10. The second kappa shape index (κ2) is 6.98. The normalized spacial score (nSPS) is 20.3. The van der Waals surface area contributed by atoms with Crippen LogP contribution in [0.2, 0.25) is 0 Å². The molecule has 5 nitrogen and oxygen atoms in total. The number of alkyl halides is 2. The van der Waals surface area contributed by atoms with E-state index in [9.17, 15) is 31.9 Å². The SMILES string of the molecule is CC1C(C(=O)Nc2ccc(F)c(C(F)F)c2F)CCN1C(=O)C=O. The minimum atomic E-state index is -3.37. The van der Waals surface area contributed by atoms with Gasteiger partial charge in [-0.25, -0.2) is 17.6 Å². The first-order valence-corrected chi connectivity index (χ1v) is 7.10. The largest absolute Gasteiger partial charge is 0.333 e. The molecule has 2 rings (SSSR count). The number of amides is 2. The van der Waals surface area contributed by atoms with E-state index in [0.717, 1.165) is 6.07 Å². The Bertz CT molecular complexity index is 681. The van der Waals surface area contributed by atoms with Crippen LogP contribution < -0.4 is 5.32 Å². The van der Waals surface area contributed by atoms with Gasteiger partial charge >= 0.3 is 0 Å². The minimum absolute atomic E-state index is 0.130. The zero-order valence-corrected chi connectivity index (χ0v) is 12.6. The molecule has 1 fully saturated rings. The summed E-state index contributed by atoms with van der Waals surface area (Å²) < 4.78 is 52.5. The third-order valence-corrected chi connectivity index (χ3v) is 4.08. The Morgan fingerprint density at radius 1 is 1.33 bits per heavy atom. The van der Waals surface area contributed by atoms with Crippen molar-refractivity contribution in [3.63, 3.8) is 0 Å². The summed E-state index contributed by atoms with van der Waals surface area (Å²) in [5, 5.41) is 2.14. The van der Waals surface area contributed by atoms with Crippen LogP contribution in [0.4, 0.5) is 23.2 Å². The maximum Gasteiger partial charge on any atom is 0.286 e. The molecular formula is C15H14F4N2O3. The van der Waals surface area contributed by atoms with Gasteiger partial charge in [0.05, 0.1) is 17.2 Å². The average molecular weight is 346 g/mol. The highest BCUT2D eigenvalue weighted by Gasteiger charge is 2.38. The van der Waals surface area contributed by atoms with Crippen LogP contribution in [-0.2, 0) is 14.4 Å². The van der Waals surface area contributed by atoms with Crippen molar-refractivity contribution in [2.24, 2.45) is 5.92 Å². The molecule has 1 N–H and O–H groups in total. The van der Waals surface area contributed by atoms with Crippen LogP contribution >= 0.6 is 0 Å². The van der Waals surface area contributed by atoms with Crippen molar-refractivity contribution < 1.29 is 31.9 Å². The predicted octanol–water partition coefficient (Wildman–Crippen LogP) is 2.28. The number of hydrogen-bond acceptors (Lipinski definition) is 3. The van der Waals surface area contributed by atoms with Gasteiger partial charge in [0.25, 0.3) is 12.3 Å². The third-order valence-electron chi connectivity index (χ3n) is 4.08. The van der Waals surface area contributed by atoms with Crippen molar-refractivity contribution in [3.8, 4) is 0 Å².